The average molecular weight is 145 g/mol. The molecule has 1 saturated carbocycles. The van der Waals surface area contributed by atoms with Gasteiger partial charge in [-0.2, -0.15) is 0 Å². The van der Waals surface area contributed by atoms with Gasteiger partial charge in [0.1, 0.15) is 5.60 Å². The molecule has 0 spiro atoms. The Hall–Kier alpha value is -0.120. The molecule has 2 unspecified atom stereocenters. The zero-order valence-corrected chi connectivity index (χ0v) is 6.55. The van der Waals surface area contributed by atoms with E-state index in [1.54, 1.807) is 6.92 Å². The fourth-order valence-electron chi connectivity index (χ4n) is 1.49. The average Bonchev–Trinajstić information content (AvgIpc) is 2.10. The Balaban J connectivity index is 2.76. The largest absolute Gasteiger partial charge is 0.387 e. The normalized spacial score (nSPS) is 48.0. The maximum absolute atomic E-state index is 9.71. The molecular formula is C7H15NO2. The molecule has 0 aromatic carbocycles. The predicted molar refractivity (Wildman–Crippen MR) is 38.2 cm³/mol. The van der Waals surface area contributed by atoms with Crippen LogP contribution in [0.1, 0.15) is 33.1 Å². The van der Waals surface area contributed by atoms with Crippen molar-refractivity contribution in [2.45, 2.75) is 44.3 Å². The van der Waals surface area contributed by atoms with Crippen molar-refractivity contribution >= 4 is 0 Å². The van der Waals surface area contributed by atoms with Crippen molar-refractivity contribution in [1.29, 1.82) is 0 Å². The SMILES string of the molecule is CC1(O)CCCC1(C)ON. The van der Waals surface area contributed by atoms with Crippen LogP contribution in [0.25, 0.3) is 0 Å². The van der Waals surface area contributed by atoms with Crippen molar-refractivity contribution in [1.82, 2.24) is 0 Å². The molecule has 0 heterocycles. The third-order valence-corrected chi connectivity index (χ3v) is 2.72. The lowest BCUT2D eigenvalue weighted by Gasteiger charge is -2.34. The van der Waals surface area contributed by atoms with E-state index in [0.717, 1.165) is 19.3 Å². The molecule has 0 aromatic rings. The van der Waals surface area contributed by atoms with Crippen LogP contribution in [-0.2, 0) is 4.84 Å². The van der Waals surface area contributed by atoms with Gasteiger partial charge in [-0.25, -0.2) is 5.90 Å². The van der Waals surface area contributed by atoms with Gasteiger partial charge in [0.25, 0.3) is 0 Å². The minimum Gasteiger partial charge on any atom is -0.387 e. The molecule has 60 valence electrons. The van der Waals surface area contributed by atoms with Crippen LogP contribution in [0.4, 0.5) is 0 Å². The van der Waals surface area contributed by atoms with Gasteiger partial charge in [0, 0.05) is 0 Å². The highest BCUT2D eigenvalue weighted by Crippen LogP contribution is 2.40. The van der Waals surface area contributed by atoms with Crippen molar-refractivity contribution in [2.75, 3.05) is 0 Å². The second-order valence-corrected chi connectivity index (χ2v) is 3.48. The number of rotatable bonds is 1. The highest BCUT2D eigenvalue weighted by molar-refractivity contribution is 4.99. The van der Waals surface area contributed by atoms with E-state index in [0.29, 0.717) is 0 Å². The summed E-state index contributed by atoms with van der Waals surface area (Å²) < 4.78 is 0. The number of hydrogen-bond donors (Lipinski definition) is 2. The predicted octanol–water partition coefficient (Wildman–Crippen LogP) is 0.570. The van der Waals surface area contributed by atoms with Crippen LogP contribution in [0.5, 0.6) is 0 Å². The van der Waals surface area contributed by atoms with Gasteiger partial charge in [-0.15, -0.1) is 0 Å². The van der Waals surface area contributed by atoms with Crippen LogP contribution < -0.4 is 5.90 Å². The topological polar surface area (TPSA) is 55.5 Å². The summed E-state index contributed by atoms with van der Waals surface area (Å²) in [6.45, 7) is 3.62. The zero-order chi connectivity index (χ0) is 7.83. The van der Waals surface area contributed by atoms with Gasteiger partial charge in [0.15, 0.2) is 0 Å². The van der Waals surface area contributed by atoms with E-state index in [2.05, 4.69) is 0 Å². The van der Waals surface area contributed by atoms with E-state index in [-0.39, 0.29) is 0 Å². The monoisotopic (exact) mass is 145 g/mol. The van der Waals surface area contributed by atoms with Crippen LogP contribution in [0.15, 0.2) is 0 Å². The summed E-state index contributed by atoms with van der Waals surface area (Å²) in [7, 11) is 0. The maximum atomic E-state index is 9.71. The molecule has 3 nitrogen and oxygen atoms in total. The first-order valence-electron chi connectivity index (χ1n) is 3.62. The molecule has 0 bridgehead atoms. The minimum atomic E-state index is -0.748. The van der Waals surface area contributed by atoms with Crippen molar-refractivity contribution in [3.63, 3.8) is 0 Å². The third-order valence-electron chi connectivity index (χ3n) is 2.72. The lowest BCUT2D eigenvalue weighted by atomic mass is 9.90. The number of nitrogens with two attached hydrogens (primary N) is 1. The number of hydrogen-bond acceptors (Lipinski definition) is 3. The van der Waals surface area contributed by atoms with Crippen LogP contribution in [0, 0.1) is 0 Å². The summed E-state index contributed by atoms with van der Waals surface area (Å²) in [5, 5.41) is 9.71. The molecule has 0 radical (unpaired) electrons. The Bertz CT molecular complexity index is 136. The van der Waals surface area contributed by atoms with Gasteiger partial charge in [-0.3, -0.25) is 4.84 Å². The van der Waals surface area contributed by atoms with Crippen molar-refractivity contribution < 1.29 is 9.94 Å². The molecule has 0 aliphatic heterocycles. The van der Waals surface area contributed by atoms with Crippen LogP contribution in [-0.4, -0.2) is 16.3 Å². The molecule has 3 N–H and O–H groups in total. The van der Waals surface area contributed by atoms with Gasteiger partial charge in [-0.05, 0) is 33.1 Å². The molecule has 1 aliphatic rings. The lowest BCUT2D eigenvalue weighted by molar-refractivity contribution is -0.149. The van der Waals surface area contributed by atoms with Crippen molar-refractivity contribution in [2.24, 2.45) is 5.90 Å². The summed E-state index contributed by atoms with van der Waals surface area (Å²) >= 11 is 0. The fraction of sp³-hybridized carbons (Fsp3) is 1.00. The summed E-state index contributed by atoms with van der Waals surface area (Å²) in [4.78, 5) is 4.76. The van der Waals surface area contributed by atoms with Crippen molar-refractivity contribution in [3.05, 3.63) is 0 Å². The summed E-state index contributed by atoms with van der Waals surface area (Å²) in [6, 6.07) is 0. The Morgan fingerprint density at radius 2 is 2.00 bits per heavy atom. The van der Waals surface area contributed by atoms with Crippen molar-refractivity contribution in [3.8, 4) is 0 Å². The molecule has 0 saturated heterocycles. The molecule has 0 amide bonds. The fourth-order valence-corrected chi connectivity index (χ4v) is 1.49. The number of aliphatic hydroxyl groups is 1. The summed E-state index contributed by atoms with van der Waals surface area (Å²) in [5.41, 5.74) is -1.28. The molecule has 0 aromatic heterocycles. The van der Waals surface area contributed by atoms with E-state index in [4.69, 9.17) is 10.7 Å². The van der Waals surface area contributed by atoms with E-state index in [1.165, 1.54) is 0 Å². The lowest BCUT2D eigenvalue weighted by Crippen LogP contribution is -2.48. The Morgan fingerprint density at radius 1 is 1.40 bits per heavy atom. The Labute approximate surface area is 61.1 Å². The molecule has 3 heteroatoms. The highest BCUT2D eigenvalue weighted by Gasteiger charge is 2.48. The first kappa shape index (κ1) is 7.98. The standard InChI is InChI=1S/C7H15NO2/c1-6(9)4-3-5-7(6,2)10-8/h9H,3-5,8H2,1-2H3. The first-order chi connectivity index (χ1) is 4.52. The van der Waals surface area contributed by atoms with E-state index in [1.807, 2.05) is 6.92 Å². The van der Waals surface area contributed by atoms with Gasteiger partial charge in [0.05, 0.1) is 5.60 Å². The zero-order valence-electron chi connectivity index (χ0n) is 6.55. The quantitative estimate of drug-likeness (QED) is 0.530. The highest BCUT2D eigenvalue weighted by atomic mass is 16.6. The van der Waals surface area contributed by atoms with E-state index in [9.17, 15) is 5.11 Å². The summed E-state index contributed by atoms with van der Waals surface area (Å²) in [6.07, 6.45) is 2.61. The van der Waals surface area contributed by atoms with Gasteiger partial charge in [-0.1, -0.05) is 0 Å². The minimum absolute atomic E-state index is 0.535. The first-order valence-corrected chi connectivity index (χ1v) is 3.62. The molecule has 10 heavy (non-hydrogen) atoms. The summed E-state index contributed by atoms with van der Waals surface area (Å²) in [5.74, 6) is 5.08. The van der Waals surface area contributed by atoms with E-state index < -0.39 is 11.2 Å². The van der Waals surface area contributed by atoms with Gasteiger partial charge in [0.2, 0.25) is 0 Å². The second-order valence-electron chi connectivity index (χ2n) is 3.48. The molecule has 1 fully saturated rings. The maximum Gasteiger partial charge on any atom is 0.115 e. The van der Waals surface area contributed by atoms with E-state index >= 15 is 0 Å². The second kappa shape index (κ2) is 2.19. The molecule has 1 aliphatic carbocycles. The third kappa shape index (κ3) is 0.944. The smallest absolute Gasteiger partial charge is 0.115 e. The van der Waals surface area contributed by atoms with Gasteiger partial charge >= 0.3 is 0 Å². The van der Waals surface area contributed by atoms with Crippen LogP contribution in [0.3, 0.4) is 0 Å². The van der Waals surface area contributed by atoms with Crippen LogP contribution >= 0.6 is 0 Å². The van der Waals surface area contributed by atoms with Gasteiger partial charge < -0.3 is 5.11 Å². The molecule has 2 atom stereocenters. The molecular weight excluding hydrogens is 130 g/mol. The Morgan fingerprint density at radius 3 is 2.20 bits per heavy atom. The molecule has 1 rings (SSSR count). The Kier molecular flexibility index (Phi) is 1.75. The van der Waals surface area contributed by atoms with Crippen LogP contribution in [0.2, 0.25) is 0 Å².